The van der Waals surface area contributed by atoms with Crippen LogP contribution in [0.5, 0.6) is 5.75 Å². The molecule has 0 aliphatic rings. The minimum absolute atomic E-state index is 0.0934. The van der Waals surface area contributed by atoms with E-state index in [2.05, 4.69) is 0 Å². The Morgan fingerprint density at radius 1 is 1.00 bits per heavy atom. The Hall–Kier alpha value is -3.58. The Morgan fingerprint density at radius 2 is 1.81 bits per heavy atom. The topological polar surface area (TPSA) is 61.4 Å². The van der Waals surface area contributed by atoms with Crippen LogP contribution < -0.4 is 10.3 Å². The van der Waals surface area contributed by atoms with Gasteiger partial charge < -0.3 is 9.14 Å². The van der Waals surface area contributed by atoms with E-state index in [1.165, 1.54) is 11.8 Å². The highest BCUT2D eigenvalue weighted by molar-refractivity contribution is 7.98. The number of para-hydroxylation sites is 1. The summed E-state index contributed by atoms with van der Waals surface area (Å²) in [5.41, 5.74) is 4.34. The summed E-state index contributed by atoms with van der Waals surface area (Å²) in [7, 11) is 1.62. The molecule has 7 heteroatoms. The molecule has 0 radical (unpaired) electrons. The molecule has 0 aliphatic heterocycles. The molecule has 0 fully saturated rings. The maximum Gasteiger partial charge on any atom is 0.266 e. The lowest BCUT2D eigenvalue weighted by atomic mass is 10.2. The third-order valence-corrected chi connectivity index (χ3v) is 6.12. The summed E-state index contributed by atoms with van der Waals surface area (Å²) in [4.78, 5) is 22.9. The van der Waals surface area contributed by atoms with E-state index in [0.717, 1.165) is 28.3 Å². The molecule has 31 heavy (non-hydrogen) atoms. The van der Waals surface area contributed by atoms with E-state index in [0.29, 0.717) is 21.8 Å². The van der Waals surface area contributed by atoms with Crippen LogP contribution in [0.4, 0.5) is 0 Å². The predicted octanol–water partition coefficient (Wildman–Crippen LogP) is 4.64. The number of rotatable bonds is 5. The number of imidazole rings is 1. The smallest absolute Gasteiger partial charge is 0.266 e. The standard InChI is InChI=1S/C24H20N4O2S/c1-16-6-5-13-27-14-17(25-22(16)27)15-31-24-26-21-8-4-3-7-20(21)23(29)28(24)18-9-11-19(30-2)12-10-18/h3-14H,15H2,1-2H3. The van der Waals surface area contributed by atoms with Crippen LogP contribution in [0.15, 0.2) is 83.0 Å². The molecule has 3 aromatic heterocycles. The predicted molar refractivity (Wildman–Crippen MR) is 123 cm³/mol. The van der Waals surface area contributed by atoms with Crippen LogP contribution in [0, 0.1) is 6.92 Å². The van der Waals surface area contributed by atoms with Crippen LogP contribution in [-0.2, 0) is 5.75 Å². The number of hydrogen-bond donors (Lipinski definition) is 0. The van der Waals surface area contributed by atoms with Gasteiger partial charge in [0.05, 0.1) is 29.4 Å². The van der Waals surface area contributed by atoms with Crippen LogP contribution in [0.3, 0.4) is 0 Å². The molecule has 0 atom stereocenters. The number of aromatic nitrogens is 4. The van der Waals surface area contributed by atoms with Crippen molar-refractivity contribution in [2.75, 3.05) is 7.11 Å². The Kier molecular flexibility index (Phi) is 4.95. The lowest BCUT2D eigenvalue weighted by molar-refractivity contribution is 0.414. The van der Waals surface area contributed by atoms with Crippen molar-refractivity contribution in [2.24, 2.45) is 0 Å². The Morgan fingerprint density at radius 3 is 2.58 bits per heavy atom. The van der Waals surface area contributed by atoms with Crippen LogP contribution in [-0.4, -0.2) is 26.0 Å². The highest BCUT2D eigenvalue weighted by Crippen LogP contribution is 2.25. The van der Waals surface area contributed by atoms with E-state index in [1.54, 1.807) is 11.7 Å². The summed E-state index contributed by atoms with van der Waals surface area (Å²) in [6.07, 6.45) is 4.01. The van der Waals surface area contributed by atoms with Gasteiger partial charge in [-0.1, -0.05) is 30.0 Å². The summed E-state index contributed by atoms with van der Waals surface area (Å²) in [5, 5.41) is 1.22. The van der Waals surface area contributed by atoms with Gasteiger partial charge in [-0.2, -0.15) is 0 Å². The van der Waals surface area contributed by atoms with Crippen molar-refractivity contribution in [1.29, 1.82) is 0 Å². The lowest BCUT2D eigenvalue weighted by Gasteiger charge is -2.13. The van der Waals surface area contributed by atoms with Gasteiger partial charge in [-0.05, 0) is 55.0 Å². The van der Waals surface area contributed by atoms with Gasteiger partial charge in [-0.3, -0.25) is 9.36 Å². The maximum atomic E-state index is 13.4. The fourth-order valence-corrected chi connectivity index (χ4v) is 4.48. The number of ether oxygens (including phenoxy) is 1. The normalized spacial score (nSPS) is 11.3. The molecular formula is C24H20N4O2S. The van der Waals surface area contributed by atoms with E-state index in [1.807, 2.05) is 84.4 Å². The number of benzene rings is 2. The quantitative estimate of drug-likeness (QED) is 0.301. The fourth-order valence-electron chi connectivity index (χ4n) is 3.58. The second-order valence-corrected chi connectivity index (χ2v) is 8.14. The van der Waals surface area contributed by atoms with E-state index < -0.39 is 0 Å². The molecule has 5 rings (SSSR count). The van der Waals surface area contributed by atoms with E-state index in [4.69, 9.17) is 14.7 Å². The maximum absolute atomic E-state index is 13.4. The fraction of sp³-hybridized carbons (Fsp3) is 0.125. The van der Waals surface area contributed by atoms with E-state index in [-0.39, 0.29) is 5.56 Å². The van der Waals surface area contributed by atoms with E-state index >= 15 is 0 Å². The SMILES string of the molecule is COc1ccc(-n2c(SCc3cn4cccc(C)c4n3)nc3ccccc3c2=O)cc1. The average molecular weight is 429 g/mol. The zero-order valence-corrected chi connectivity index (χ0v) is 18.0. The average Bonchev–Trinajstić information content (AvgIpc) is 3.23. The molecule has 3 heterocycles. The number of pyridine rings is 1. The first-order valence-electron chi connectivity index (χ1n) is 9.86. The van der Waals surface area contributed by atoms with Gasteiger partial charge in [-0.25, -0.2) is 9.97 Å². The van der Waals surface area contributed by atoms with Crippen molar-refractivity contribution in [3.05, 3.63) is 94.7 Å². The molecule has 5 aromatic rings. The van der Waals surface area contributed by atoms with Gasteiger partial charge in [-0.15, -0.1) is 0 Å². The van der Waals surface area contributed by atoms with Crippen molar-refractivity contribution in [1.82, 2.24) is 18.9 Å². The van der Waals surface area contributed by atoms with Gasteiger partial charge >= 0.3 is 0 Å². The number of thioether (sulfide) groups is 1. The second kappa shape index (κ2) is 7.92. The molecule has 0 spiro atoms. The van der Waals surface area contributed by atoms with Gasteiger partial charge in [0.25, 0.3) is 5.56 Å². The minimum Gasteiger partial charge on any atom is -0.497 e. The molecule has 0 saturated heterocycles. The Balaban J connectivity index is 1.58. The number of methoxy groups -OCH3 is 1. The largest absolute Gasteiger partial charge is 0.497 e. The molecule has 6 nitrogen and oxygen atoms in total. The highest BCUT2D eigenvalue weighted by Gasteiger charge is 2.14. The molecule has 0 aliphatic carbocycles. The third kappa shape index (κ3) is 3.57. The van der Waals surface area contributed by atoms with Crippen LogP contribution >= 0.6 is 11.8 Å². The Bertz CT molecular complexity index is 1450. The zero-order valence-electron chi connectivity index (χ0n) is 17.1. The number of aryl methyl sites for hydroxylation is 1. The molecule has 0 amide bonds. The van der Waals surface area contributed by atoms with Gasteiger partial charge in [0.2, 0.25) is 0 Å². The zero-order chi connectivity index (χ0) is 21.4. The molecule has 0 bridgehead atoms. The molecule has 154 valence electrons. The number of nitrogens with zero attached hydrogens (tertiary/aromatic N) is 4. The van der Waals surface area contributed by atoms with Gasteiger partial charge in [0.15, 0.2) is 5.16 Å². The highest BCUT2D eigenvalue weighted by atomic mass is 32.2. The van der Waals surface area contributed by atoms with Gasteiger partial charge in [0.1, 0.15) is 11.4 Å². The second-order valence-electron chi connectivity index (χ2n) is 7.19. The van der Waals surface area contributed by atoms with Crippen molar-refractivity contribution >= 4 is 28.3 Å². The summed E-state index contributed by atoms with van der Waals surface area (Å²) >= 11 is 1.50. The van der Waals surface area contributed by atoms with Crippen LogP contribution in [0.2, 0.25) is 0 Å². The number of fused-ring (bicyclic) bond motifs is 2. The van der Waals surface area contributed by atoms with Gasteiger partial charge in [0, 0.05) is 18.1 Å². The summed E-state index contributed by atoms with van der Waals surface area (Å²) in [6, 6.07) is 18.9. The first-order valence-corrected chi connectivity index (χ1v) is 10.8. The van der Waals surface area contributed by atoms with Crippen molar-refractivity contribution < 1.29 is 4.74 Å². The van der Waals surface area contributed by atoms with Crippen molar-refractivity contribution in [3.8, 4) is 11.4 Å². The molecule has 2 aromatic carbocycles. The van der Waals surface area contributed by atoms with Crippen molar-refractivity contribution in [2.45, 2.75) is 17.8 Å². The van der Waals surface area contributed by atoms with E-state index in [9.17, 15) is 4.79 Å². The third-order valence-electron chi connectivity index (χ3n) is 5.15. The van der Waals surface area contributed by atoms with Crippen LogP contribution in [0.1, 0.15) is 11.3 Å². The number of hydrogen-bond acceptors (Lipinski definition) is 5. The van der Waals surface area contributed by atoms with Crippen LogP contribution in [0.25, 0.3) is 22.2 Å². The van der Waals surface area contributed by atoms with Crippen molar-refractivity contribution in [3.63, 3.8) is 0 Å². The minimum atomic E-state index is -0.0934. The molecule has 0 saturated carbocycles. The molecule has 0 unspecified atom stereocenters. The summed E-state index contributed by atoms with van der Waals surface area (Å²) in [5.74, 6) is 1.34. The Labute approximate surface area is 183 Å². The summed E-state index contributed by atoms with van der Waals surface area (Å²) in [6.45, 7) is 2.05. The monoisotopic (exact) mass is 428 g/mol. The molecular weight excluding hydrogens is 408 g/mol. The summed E-state index contributed by atoms with van der Waals surface area (Å²) < 4.78 is 8.94. The molecule has 0 N–H and O–H groups in total. The lowest BCUT2D eigenvalue weighted by Crippen LogP contribution is -2.21. The first-order chi connectivity index (χ1) is 15.1. The first kappa shape index (κ1) is 19.4.